The van der Waals surface area contributed by atoms with E-state index in [1.807, 2.05) is 11.3 Å². The Labute approximate surface area is 122 Å². The maximum absolute atomic E-state index is 3.75. The summed E-state index contributed by atoms with van der Waals surface area (Å²) >= 11 is 2.03. The fourth-order valence-corrected chi connectivity index (χ4v) is 4.26. The van der Waals surface area contributed by atoms with Crippen molar-refractivity contribution in [2.45, 2.75) is 71.3 Å². The first-order chi connectivity index (χ1) is 9.31. The van der Waals surface area contributed by atoms with E-state index >= 15 is 0 Å². The van der Waals surface area contributed by atoms with Crippen LogP contribution in [0.3, 0.4) is 0 Å². The molecule has 0 aromatic carbocycles. The summed E-state index contributed by atoms with van der Waals surface area (Å²) in [5.74, 6) is 0.903. The Morgan fingerprint density at radius 1 is 1.16 bits per heavy atom. The fourth-order valence-electron chi connectivity index (χ4n) is 3.19. The smallest absolute Gasteiger partial charge is 0.00698 e. The van der Waals surface area contributed by atoms with Crippen molar-refractivity contribution in [2.75, 3.05) is 6.54 Å². The highest BCUT2D eigenvalue weighted by Gasteiger charge is 2.20. The molecule has 1 fully saturated rings. The maximum atomic E-state index is 3.75. The van der Waals surface area contributed by atoms with Crippen LogP contribution in [0.1, 0.15) is 62.1 Å². The molecule has 2 atom stereocenters. The van der Waals surface area contributed by atoms with E-state index in [-0.39, 0.29) is 0 Å². The van der Waals surface area contributed by atoms with E-state index in [0.717, 1.165) is 12.0 Å². The van der Waals surface area contributed by atoms with Gasteiger partial charge in [0.15, 0.2) is 0 Å². The van der Waals surface area contributed by atoms with Gasteiger partial charge < -0.3 is 5.32 Å². The largest absolute Gasteiger partial charge is 0.314 e. The van der Waals surface area contributed by atoms with Crippen LogP contribution < -0.4 is 5.32 Å². The summed E-state index contributed by atoms with van der Waals surface area (Å²) in [6.45, 7) is 5.71. The molecule has 108 valence electrons. The Hall–Kier alpha value is -0.340. The molecule has 19 heavy (non-hydrogen) atoms. The van der Waals surface area contributed by atoms with Crippen molar-refractivity contribution in [3.63, 3.8) is 0 Å². The average Bonchev–Trinajstić information content (AvgIpc) is 2.75. The van der Waals surface area contributed by atoms with Crippen LogP contribution in [0.4, 0.5) is 0 Å². The number of aryl methyl sites for hydroxylation is 1. The highest BCUT2D eigenvalue weighted by atomic mass is 32.1. The minimum atomic E-state index is 0.776. The van der Waals surface area contributed by atoms with E-state index in [2.05, 4.69) is 31.3 Å². The average molecular weight is 279 g/mol. The quantitative estimate of drug-likeness (QED) is 0.737. The van der Waals surface area contributed by atoms with Gasteiger partial charge in [-0.15, -0.1) is 11.3 Å². The van der Waals surface area contributed by atoms with Gasteiger partial charge in [-0.05, 0) is 56.7 Å². The summed E-state index contributed by atoms with van der Waals surface area (Å²) in [6, 6.07) is 5.46. The predicted molar refractivity (Wildman–Crippen MR) is 86.1 cm³/mol. The van der Waals surface area contributed by atoms with Crippen molar-refractivity contribution in [1.29, 1.82) is 0 Å². The molecule has 2 heteroatoms. The first kappa shape index (κ1) is 15.1. The second-order valence-electron chi connectivity index (χ2n) is 5.96. The highest BCUT2D eigenvalue weighted by molar-refractivity contribution is 7.11. The van der Waals surface area contributed by atoms with Gasteiger partial charge in [0.25, 0.3) is 0 Å². The lowest BCUT2D eigenvalue weighted by Crippen LogP contribution is -2.31. The van der Waals surface area contributed by atoms with Gasteiger partial charge in [0, 0.05) is 15.8 Å². The second-order valence-corrected chi connectivity index (χ2v) is 7.22. The van der Waals surface area contributed by atoms with Crippen molar-refractivity contribution in [3.8, 4) is 0 Å². The number of hydrogen-bond donors (Lipinski definition) is 1. The third-order valence-electron chi connectivity index (χ3n) is 4.27. The lowest BCUT2D eigenvalue weighted by molar-refractivity contribution is 0.386. The monoisotopic (exact) mass is 279 g/mol. The van der Waals surface area contributed by atoms with Crippen molar-refractivity contribution >= 4 is 11.3 Å². The third-order valence-corrected chi connectivity index (χ3v) is 5.52. The second kappa shape index (κ2) is 8.06. The minimum absolute atomic E-state index is 0.776. The van der Waals surface area contributed by atoms with Crippen molar-refractivity contribution in [2.24, 2.45) is 5.92 Å². The van der Waals surface area contributed by atoms with E-state index in [1.165, 1.54) is 57.9 Å². The number of thiophene rings is 1. The first-order valence-electron chi connectivity index (χ1n) is 8.12. The van der Waals surface area contributed by atoms with Crippen molar-refractivity contribution in [1.82, 2.24) is 5.32 Å². The zero-order valence-corrected chi connectivity index (χ0v) is 13.4. The van der Waals surface area contributed by atoms with E-state index in [9.17, 15) is 0 Å². The van der Waals surface area contributed by atoms with Crippen LogP contribution in [-0.2, 0) is 12.8 Å². The number of rotatable bonds is 6. The maximum Gasteiger partial charge on any atom is 0.00698 e. The predicted octanol–water partition coefficient (Wildman–Crippen LogP) is 4.80. The molecule has 1 aliphatic rings. The van der Waals surface area contributed by atoms with Gasteiger partial charge in [0.1, 0.15) is 0 Å². The first-order valence-corrected chi connectivity index (χ1v) is 8.94. The summed E-state index contributed by atoms with van der Waals surface area (Å²) in [7, 11) is 0. The molecule has 0 radical (unpaired) electrons. The third kappa shape index (κ3) is 4.92. The van der Waals surface area contributed by atoms with Crippen molar-refractivity contribution in [3.05, 3.63) is 21.9 Å². The van der Waals surface area contributed by atoms with E-state index in [0.29, 0.717) is 0 Å². The molecule has 1 saturated carbocycles. The Kier molecular flexibility index (Phi) is 6.39. The normalized spacial score (nSPS) is 24.3. The summed E-state index contributed by atoms with van der Waals surface area (Å²) < 4.78 is 0. The molecule has 1 nitrogen and oxygen atoms in total. The molecule has 2 unspecified atom stereocenters. The molecule has 1 N–H and O–H groups in total. The Morgan fingerprint density at radius 3 is 2.68 bits per heavy atom. The molecule has 0 amide bonds. The lowest BCUT2D eigenvalue weighted by atomic mass is 9.94. The Bertz CT molecular complexity index is 358. The van der Waals surface area contributed by atoms with Gasteiger partial charge in [-0.1, -0.05) is 33.1 Å². The van der Waals surface area contributed by atoms with Crippen LogP contribution in [-0.4, -0.2) is 12.6 Å². The van der Waals surface area contributed by atoms with Gasteiger partial charge in [0.2, 0.25) is 0 Å². The van der Waals surface area contributed by atoms with E-state index in [4.69, 9.17) is 0 Å². The highest BCUT2D eigenvalue weighted by Crippen LogP contribution is 2.29. The molecule has 0 bridgehead atoms. The summed E-state index contributed by atoms with van der Waals surface area (Å²) in [5, 5.41) is 3.75. The summed E-state index contributed by atoms with van der Waals surface area (Å²) in [6.07, 6.45) is 10.8. The molecular weight excluding hydrogens is 250 g/mol. The minimum Gasteiger partial charge on any atom is -0.314 e. The molecule has 1 heterocycles. The molecule has 1 aromatic heterocycles. The van der Waals surface area contributed by atoms with Crippen LogP contribution in [0.15, 0.2) is 12.1 Å². The standard InChI is InChI=1S/C17H29NS/c1-3-11-18-15-8-6-5-7-14(12-15)13-17-10-9-16(4-2)19-17/h9-10,14-15,18H,3-8,11-13H2,1-2H3. The lowest BCUT2D eigenvalue weighted by Gasteiger charge is -2.20. The molecule has 0 saturated heterocycles. The van der Waals surface area contributed by atoms with Gasteiger partial charge >= 0.3 is 0 Å². The van der Waals surface area contributed by atoms with Crippen LogP contribution in [0.25, 0.3) is 0 Å². The van der Waals surface area contributed by atoms with Crippen LogP contribution in [0.2, 0.25) is 0 Å². The van der Waals surface area contributed by atoms with Gasteiger partial charge in [-0.2, -0.15) is 0 Å². The van der Waals surface area contributed by atoms with E-state index in [1.54, 1.807) is 9.75 Å². The van der Waals surface area contributed by atoms with Gasteiger partial charge in [0.05, 0.1) is 0 Å². The van der Waals surface area contributed by atoms with Crippen molar-refractivity contribution < 1.29 is 0 Å². The molecule has 2 rings (SSSR count). The number of nitrogens with one attached hydrogen (secondary N) is 1. The van der Waals surface area contributed by atoms with Crippen LogP contribution in [0, 0.1) is 5.92 Å². The van der Waals surface area contributed by atoms with E-state index < -0.39 is 0 Å². The Balaban J connectivity index is 1.86. The zero-order valence-electron chi connectivity index (χ0n) is 12.6. The van der Waals surface area contributed by atoms with Gasteiger partial charge in [-0.25, -0.2) is 0 Å². The fraction of sp³-hybridized carbons (Fsp3) is 0.765. The van der Waals surface area contributed by atoms with Crippen LogP contribution in [0.5, 0.6) is 0 Å². The molecule has 1 aliphatic carbocycles. The van der Waals surface area contributed by atoms with Gasteiger partial charge in [-0.3, -0.25) is 0 Å². The molecular formula is C17H29NS. The summed E-state index contributed by atoms with van der Waals surface area (Å²) in [4.78, 5) is 3.15. The number of hydrogen-bond acceptors (Lipinski definition) is 2. The van der Waals surface area contributed by atoms with Crippen LogP contribution >= 0.6 is 11.3 Å². The SMILES string of the molecule is CCCNC1CCCCC(Cc2ccc(CC)s2)C1. The molecule has 0 spiro atoms. The zero-order chi connectivity index (χ0) is 13.5. The Morgan fingerprint density at radius 2 is 1.95 bits per heavy atom. The molecule has 0 aliphatic heterocycles. The molecule has 1 aromatic rings. The topological polar surface area (TPSA) is 12.0 Å². The summed E-state index contributed by atoms with van der Waals surface area (Å²) in [5.41, 5.74) is 0.